The van der Waals surface area contributed by atoms with Crippen LogP contribution in [-0.4, -0.2) is 44.4 Å². The lowest BCUT2D eigenvalue weighted by Gasteiger charge is -2.25. The molecule has 0 bridgehead atoms. The van der Waals surface area contributed by atoms with Crippen LogP contribution in [0.1, 0.15) is 46.1 Å². The molecule has 0 aliphatic heterocycles. The highest BCUT2D eigenvalue weighted by Crippen LogP contribution is 2.26. The highest BCUT2D eigenvalue weighted by atomic mass is 32.2. The summed E-state index contributed by atoms with van der Waals surface area (Å²) in [6, 6.07) is 8.19. The van der Waals surface area contributed by atoms with E-state index in [4.69, 9.17) is 0 Å². The molecular formula is C21H32N4OS. The molecule has 148 valence electrons. The average molecular weight is 389 g/mol. The molecule has 0 aliphatic rings. The van der Waals surface area contributed by atoms with Gasteiger partial charge in [-0.05, 0) is 32.3 Å². The van der Waals surface area contributed by atoms with E-state index < -0.39 is 0 Å². The largest absolute Gasteiger partial charge is 0.342 e. The van der Waals surface area contributed by atoms with E-state index in [1.54, 1.807) is 0 Å². The third-order valence-electron chi connectivity index (χ3n) is 5.11. The van der Waals surface area contributed by atoms with E-state index in [1.165, 1.54) is 17.3 Å². The molecule has 0 radical (unpaired) electrons. The number of rotatable bonds is 10. The fourth-order valence-corrected chi connectivity index (χ4v) is 4.09. The maximum Gasteiger partial charge on any atom is 0.233 e. The molecule has 0 unspecified atom stereocenters. The van der Waals surface area contributed by atoms with Gasteiger partial charge in [0.1, 0.15) is 0 Å². The van der Waals surface area contributed by atoms with E-state index in [0.29, 0.717) is 11.7 Å². The van der Waals surface area contributed by atoms with Gasteiger partial charge < -0.3 is 9.47 Å². The minimum absolute atomic E-state index is 0.178. The molecule has 1 heterocycles. The number of carbonyl (C=O) groups is 1. The molecule has 0 spiro atoms. The predicted molar refractivity (Wildman–Crippen MR) is 113 cm³/mol. The lowest BCUT2D eigenvalue weighted by Crippen LogP contribution is -2.36. The zero-order valence-electron chi connectivity index (χ0n) is 17.2. The number of thioether (sulfide) groups is 1. The zero-order valence-corrected chi connectivity index (χ0v) is 18.1. The van der Waals surface area contributed by atoms with Crippen LogP contribution in [0.25, 0.3) is 11.4 Å². The molecular weight excluding hydrogens is 356 g/mol. The van der Waals surface area contributed by atoms with Crippen LogP contribution in [0.15, 0.2) is 29.4 Å². The van der Waals surface area contributed by atoms with Crippen molar-refractivity contribution in [3.05, 3.63) is 29.8 Å². The molecule has 27 heavy (non-hydrogen) atoms. The summed E-state index contributed by atoms with van der Waals surface area (Å²) >= 11 is 1.49. The minimum atomic E-state index is 0.178. The van der Waals surface area contributed by atoms with Crippen LogP contribution in [0.4, 0.5) is 0 Å². The Morgan fingerprint density at radius 2 is 1.85 bits per heavy atom. The Labute approximate surface area is 167 Å². The van der Waals surface area contributed by atoms with Gasteiger partial charge in [0.2, 0.25) is 5.91 Å². The molecule has 6 heteroatoms. The first-order valence-corrected chi connectivity index (χ1v) is 10.9. The van der Waals surface area contributed by atoms with Crippen molar-refractivity contribution >= 4 is 17.7 Å². The number of hydrogen-bond donors (Lipinski definition) is 0. The predicted octanol–water partition coefficient (Wildman–Crippen LogP) is 4.65. The molecule has 1 aromatic heterocycles. The van der Waals surface area contributed by atoms with Crippen LogP contribution in [0.2, 0.25) is 0 Å². The van der Waals surface area contributed by atoms with Crippen molar-refractivity contribution in [3.8, 4) is 11.4 Å². The summed E-state index contributed by atoms with van der Waals surface area (Å²) in [6.45, 7) is 13.0. The summed E-state index contributed by atoms with van der Waals surface area (Å²) in [5.41, 5.74) is 2.27. The van der Waals surface area contributed by atoms with Gasteiger partial charge in [0, 0.05) is 25.2 Å². The number of nitrogens with zero attached hydrogens (tertiary/aromatic N) is 4. The molecule has 0 N–H and O–H groups in total. The van der Waals surface area contributed by atoms with Gasteiger partial charge in [-0.15, -0.1) is 10.2 Å². The van der Waals surface area contributed by atoms with Crippen LogP contribution >= 0.6 is 11.8 Å². The van der Waals surface area contributed by atoms with Crippen molar-refractivity contribution in [1.29, 1.82) is 0 Å². The number of hydrogen-bond acceptors (Lipinski definition) is 4. The second-order valence-electron chi connectivity index (χ2n) is 6.77. The van der Waals surface area contributed by atoms with Crippen LogP contribution in [0, 0.1) is 12.8 Å². The van der Waals surface area contributed by atoms with Gasteiger partial charge >= 0.3 is 0 Å². The first-order chi connectivity index (χ1) is 13.0. The van der Waals surface area contributed by atoms with E-state index in [1.807, 2.05) is 17.0 Å². The van der Waals surface area contributed by atoms with E-state index in [0.717, 1.165) is 49.0 Å². The lowest BCUT2D eigenvalue weighted by molar-refractivity contribution is -0.128. The summed E-state index contributed by atoms with van der Waals surface area (Å²) in [6.07, 6.45) is 2.22. The Hall–Kier alpha value is -1.82. The molecule has 2 rings (SSSR count). The van der Waals surface area contributed by atoms with E-state index in [9.17, 15) is 4.79 Å². The maximum absolute atomic E-state index is 12.7. The Bertz CT molecular complexity index is 740. The molecule has 0 atom stereocenters. The lowest BCUT2D eigenvalue weighted by atomic mass is 10.0. The van der Waals surface area contributed by atoms with Gasteiger partial charge in [0.25, 0.3) is 0 Å². The number of aryl methyl sites for hydroxylation is 1. The van der Waals surface area contributed by atoms with Crippen molar-refractivity contribution in [3.63, 3.8) is 0 Å². The highest BCUT2D eigenvalue weighted by molar-refractivity contribution is 7.99. The molecule has 2 aromatic rings. The first kappa shape index (κ1) is 21.5. The van der Waals surface area contributed by atoms with Crippen molar-refractivity contribution in [1.82, 2.24) is 19.7 Å². The van der Waals surface area contributed by atoms with Crippen LogP contribution < -0.4 is 0 Å². The van der Waals surface area contributed by atoms with Gasteiger partial charge in [-0.2, -0.15) is 0 Å². The molecule has 0 fully saturated rings. The number of amides is 1. The Balaban J connectivity index is 2.09. The van der Waals surface area contributed by atoms with E-state index >= 15 is 0 Å². The van der Waals surface area contributed by atoms with Crippen molar-refractivity contribution in [2.45, 2.75) is 59.2 Å². The second kappa shape index (κ2) is 10.5. The van der Waals surface area contributed by atoms with Gasteiger partial charge in [-0.25, -0.2) is 0 Å². The summed E-state index contributed by atoms with van der Waals surface area (Å²) in [7, 11) is 0. The highest BCUT2D eigenvalue weighted by Gasteiger charge is 2.19. The topological polar surface area (TPSA) is 51.0 Å². The third kappa shape index (κ3) is 5.34. The second-order valence-corrected chi connectivity index (χ2v) is 7.71. The Kier molecular flexibility index (Phi) is 8.35. The third-order valence-corrected chi connectivity index (χ3v) is 6.06. The minimum Gasteiger partial charge on any atom is -0.342 e. The molecule has 0 saturated carbocycles. The number of carbonyl (C=O) groups excluding carboxylic acids is 1. The van der Waals surface area contributed by atoms with Crippen molar-refractivity contribution in [2.24, 2.45) is 5.92 Å². The smallest absolute Gasteiger partial charge is 0.233 e. The Morgan fingerprint density at radius 1 is 1.15 bits per heavy atom. The summed E-state index contributed by atoms with van der Waals surface area (Å²) < 4.78 is 2.09. The van der Waals surface area contributed by atoms with Gasteiger partial charge in [-0.3, -0.25) is 4.79 Å². The fraction of sp³-hybridized carbons (Fsp3) is 0.571. The SMILES string of the molecule is CCC(CC)CN(CC)C(=O)CSc1nnc(-c2ccccc2C)n1CC. The van der Waals surface area contributed by atoms with E-state index in [-0.39, 0.29) is 5.91 Å². The summed E-state index contributed by atoms with van der Waals surface area (Å²) in [4.78, 5) is 14.7. The quantitative estimate of drug-likeness (QED) is 0.556. The molecule has 1 aromatic carbocycles. The number of benzene rings is 1. The first-order valence-electron chi connectivity index (χ1n) is 9.95. The van der Waals surface area contributed by atoms with Gasteiger partial charge in [0.05, 0.1) is 5.75 Å². The zero-order chi connectivity index (χ0) is 19.8. The fourth-order valence-electron chi connectivity index (χ4n) is 3.19. The average Bonchev–Trinajstić information content (AvgIpc) is 3.10. The number of aromatic nitrogens is 3. The van der Waals surface area contributed by atoms with Gasteiger partial charge in [0.15, 0.2) is 11.0 Å². The molecule has 5 nitrogen and oxygen atoms in total. The summed E-state index contributed by atoms with van der Waals surface area (Å²) in [5, 5.41) is 9.57. The summed E-state index contributed by atoms with van der Waals surface area (Å²) in [5.74, 6) is 2.03. The van der Waals surface area contributed by atoms with Crippen LogP contribution in [-0.2, 0) is 11.3 Å². The van der Waals surface area contributed by atoms with Crippen molar-refractivity contribution in [2.75, 3.05) is 18.8 Å². The van der Waals surface area contributed by atoms with E-state index in [2.05, 4.69) is 61.5 Å². The van der Waals surface area contributed by atoms with Crippen LogP contribution in [0.3, 0.4) is 0 Å². The normalized spacial score (nSPS) is 11.2. The molecule has 0 saturated heterocycles. The standard InChI is InChI=1S/C21H32N4OS/c1-6-17(7-2)14-24(8-3)19(26)15-27-21-23-22-20(25(21)9-4)18-13-11-10-12-16(18)5/h10-13,17H,6-9,14-15H2,1-5H3. The Morgan fingerprint density at radius 3 is 2.44 bits per heavy atom. The molecule has 0 aliphatic carbocycles. The molecule has 1 amide bonds. The maximum atomic E-state index is 12.7. The van der Waals surface area contributed by atoms with Crippen molar-refractivity contribution < 1.29 is 4.79 Å². The monoisotopic (exact) mass is 388 g/mol. The van der Waals surface area contributed by atoms with Gasteiger partial charge in [-0.1, -0.05) is 62.7 Å². The van der Waals surface area contributed by atoms with Crippen LogP contribution in [0.5, 0.6) is 0 Å².